The van der Waals surface area contributed by atoms with E-state index in [1.54, 1.807) is 12.2 Å². The summed E-state index contributed by atoms with van der Waals surface area (Å²) in [5.41, 5.74) is 3.97. The summed E-state index contributed by atoms with van der Waals surface area (Å²) >= 11 is 0. The highest BCUT2D eigenvalue weighted by atomic mass is 16.6. The predicted molar refractivity (Wildman–Crippen MR) is 123 cm³/mol. The third-order valence-electron chi connectivity index (χ3n) is 6.40. The van der Waals surface area contributed by atoms with E-state index in [2.05, 4.69) is 11.1 Å². The van der Waals surface area contributed by atoms with E-state index in [4.69, 9.17) is 4.74 Å². The van der Waals surface area contributed by atoms with Crippen molar-refractivity contribution in [2.45, 2.75) is 37.4 Å². The number of para-hydroxylation sites is 1. The lowest BCUT2D eigenvalue weighted by Gasteiger charge is -2.46. The van der Waals surface area contributed by atoms with E-state index in [1.807, 2.05) is 59.5 Å². The number of esters is 1. The smallest absolute Gasteiger partial charge is 0.332 e. The van der Waals surface area contributed by atoms with Crippen LogP contribution in [0, 0.1) is 0 Å². The number of aromatic nitrogens is 1. The van der Waals surface area contributed by atoms with Gasteiger partial charge in [-0.05, 0) is 23.3 Å². The molecule has 0 unspecified atom stereocenters. The molecule has 2 N–H and O–H groups in total. The van der Waals surface area contributed by atoms with E-state index in [0.717, 1.165) is 27.7 Å². The first-order valence-electron chi connectivity index (χ1n) is 10.8. The van der Waals surface area contributed by atoms with Crippen molar-refractivity contribution in [3.8, 4) is 0 Å². The van der Waals surface area contributed by atoms with Crippen LogP contribution in [0.4, 0.5) is 0 Å². The summed E-state index contributed by atoms with van der Waals surface area (Å²) in [4.78, 5) is 14.6. The van der Waals surface area contributed by atoms with Crippen molar-refractivity contribution < 1.29 is 19.7 Å². The summed E-state index contributed by atoms with van der Waals surface area (Å²) in [5, 5.41) is 22.7. The highest BCUT2D eigenvalue weighted by Gasteiger charge is 2.47. The van der Waals surface area contributed by atoms with Crippen LogP contribution in [0.1, 0.15) is 22.9 Å². The molecule has 3 heterocycles. The molecule has 2 aromatic carbocycles. The Hall–Kier alpha value is -3.19. The van der Waals surface area contributed by atoms with Gasteiger partial charge >= 0.3 is 5.97 Å². The molecule has 0 aliphatic carbocycles. The van der Waals surface area contributed by atoms with Crippen LogP contribution in [0.2, 0.25) is 0 Å². The molecule has 2 aliphatic heterocycles. The molecule has 0 spiro atoms. The first-order valence-corrected chi connectivity index (χ1v) is 10.8. The van der Waals surface area contributed by atoms with Gasteiger partial charge in [0.15, 0.2) is 6.23 Å². The van der Waals surface area contributed by atoms with Gasteiger partial charge in [-0.2, -0.15) is 0 Å². The molecule has 4 atom stereocenters. The summed E-state index contributed by atoms with van der Waals surface area (Å²) in [6.07, 6.45) is 2.87. The fraction of sp³-hybridized carbons (Fsp3) is 0.269. The van der Waals surface area contributed by atoms with Gasteiger partial charge in [-0.25, -0.2) is 4.79 Å². The quantitative estimate of drug-likeness (QED) is 0.370. The van der Waals surface area contributed by atoms with Gasteiger partial charge in [-0.15, -0.1) is 6.58 Å². The van der Waals surface area contributed by atoms with Gasteiger partial charge in [-0.1, -0.05) is 54.6 Å². The average Bonchev–Trinajstić information content (AvgIpc) is 3.11. The highest BCUT2D eigenvalue weighted by Crippen LogP contribution is 2.44. The molecule has 0 fully saturated rings. The SMILES string of the molecule is C=CCN1[C@H](OC(=O)/C=C/c2ccccc2)Cc2c3n(c4ccccc24)C[C@@H](O)[C@H](O)[C@H]31. The standard InChI is InChI=1S/C26H26N2O4/c1-2-14-27-22(32-23(30)13-12-17-8-4-3-5-9-17)15-19-18-10-6-7-11-20(18)28-16-21(29)26(31)25(27)24(19)28/h2-13,21-22,25-26,29,31H,1,14-16H2/b13-12+/t21-,22-,25+,26+/m1/s1. The van der Waals surface area contributed by atoms with Crippen LogP contribution in [0.5, 0.6) is 0 Å². The van der Waals surface area contributed by atoms with Crippen LogP contribution in [0.3, 0.4) is 0 Å². The molecular weight excluding hydrogens is 404 g/mol. The molecule has 2 aliphatic rings. The second-order valence-electron chi connectivity index (χ2n) is 8.32. The summed E-state index contributed by atoms with van der Waals surface area (Å²) in [5.74, 6) is -0.453. The number of ether oxygens (including phenoxy) is 1. The molecule has 6 nitrogen and oxygen atoms in total. The molecule has 1 aromatic heterocycles. The molecule has 3 aromatic rings. The second-order valence-corrected chi connectivity index (χ2v) is 8.32. The maximum Gasteiger partial charge on any atom is 0.332 e. The Bertz CT molecular complexity index is 1180. The molecule has 5 rings (SSSR count). The Morgan fingerprint density at radius 2 is 1.88 bits per heavy atom. The summed E-state index contributed by atoms with van der Waals surface area (Å²) in [6, 6.07) is 17.1. The molecule has 32 heavy (non-hydrogen) atoms. The number of benzene rings is 2. The van der Waals surface area contributed by atoms with E-state index < -0.39 is 30.4 Å². The Kier molecular flexibility index (Phi) is 5.43. The number of fused-ring (bicyclic) bond motifs is 3. The highest BCUT2D eigenvalue weighted by molar-refractivity contribution is 5.88. The third-order valence-corrected chi connectivity index (χ3v) is 6.40. The number of aliphatic hydroxyl groups is 2. The number of carbonyl (C=O) groups excluding carboxylic acids is 1. The minimum Gasteiger partial charge on any atom is -0.443 e. The fourth-order valence-electron chi connectivity index (χ4n) is 5.03. The van der Waals surface area contributed by atoms with E-state index in [0.29, 0.717) is 19.5 Å². The Morgan fingerprint density at radius 1 is 1.12 bits per heavy atom. The van der Waals surface area contributed by atoms with Crippen molar-refractivity contribution in [1.82, 2.24) is 9.47 Å². The van der Waals surface area contributed by atoms with E-state index in [-0.39, 0.29) is 0 Å². The Balaban J connectivity index is 1.52. The summed E-state index contributed by atoms with van der Waals surface area (Å²) in [6.45, 7) is 4.59. The second kappa shape index (κ2) is 8.39. The summed E-state index contributed by atoms with van der Waals surface area (Å²) < 4.78 is 7.98. The average molecular weight is 431 g/mol. The van der Waals surface area contributed by atoms with Crippen molar-refractivity contribution >= 4 is 22.9 Å². The van der Waals surface area contributed by atoms with E-state index >= 15 is 0 Å². The number of nitrogens with zero attached hydrogens (tertiary/aromatic N) is 2. The molecular formula is C26H26N2O4. The number of hydrogen-bond acceptors (Lipinski definition) is 5. The monoisotopic (exact) mass is 430 g/mol. The predicted octanol–water partition coefficient (Wildman–Crippen LogP) is 3.04. The zero-order valence-electron chi connectivity index (χ0n) is 17.7. The maximum absolute atomic E-state index is 12.7. The Labute approximate surface area is 186 Å². The van der Waals surface area contributed by atoms with Crippen molar-refractivity contribution in [2.24, 2.45) is 0 Å². The minimum absolute atomic E-state index is 0.333. The van der Waals surface area contributed by atoms with Crippen molar-refractivity contribution in [1.29, 1.82) is 0 Å². The number of rotatable bonds is 5. The first kappa shape index (κ1) is 20.7. The molecule has 0 radical (unpaired) electrons. The molecule has 0 bridgehead atoms. The van der Waals surface area contributed by atoms with Gasteiger partial charge in [0.25, 0.3) is 0 Å². The normalized spacial score (nSPS) is 25.1. The first-order chi connectivity index (χ1) is 15.6. The lowest BCUT2D eigenvalue weighted by molar-refractivity contribution is -0.165. The Morgan fingerprint density at radius 3 is 2.66 bits per heavy atom. The lowest BCUT2D eigenvalue weighted by Crippen LogP contribution is -2.55. The van der Waals surface area contributed by atoms with Crippen molar-refractivity contribution in [2.75, 3.05) is 6.54 Å². The fourth-order valence-corrected chi connectivity index (χ4v) is 5.03. The van der Waals surface area contributed by atoms with Crippen LogP contribution in [-0.4, -0.2) is 50.6 Å². The minimum atomic E-state index is -0.994. The van der Waals surface area contributed by atoms with E-state index in [9.17, 15) is 15.0 Å². The zero-order valence-corrected chi connectivity index (χ0v) is 17.7. The van der Waals surface area contributed by atoms with Crippen molar-refractivity contribution in [3.63, 3.8) is 0 Å². The van der Waals surface area contributed by atoms with Crippen LogP contribution in [0.15, 0.2) is 73.3 Å². The number of carbonyl (C=O) groups is 1. The maximum atomic E-state index is 12.7. The van der Waals surface area contributed by atoms with Gasteiger partial charge in [0.1, 0.15) is 6.10 Å². The van der Waals surface area contributed by atoms with Crippen LogP contribution in [0.25, 0.3) is 17.0 Å². The van der Waals surface area contributed by atoms with Crippen molar-refractivity contribution in [3.05, 3.63) is 90.1 Å². The van der Waals surface area contributed by atoms with Gasteiger partial charge < -0.3 is 19.5 Å². The largest absolute Gasteiger partial charge is 0.443 e. The van der Waals surface area contributed by atoms with Gasteiger partial charge in [-0.3, -0.25) is 4.90 Å². The number of aliphatic hydroxyl groups excluding tert-OH is 2. The van der Waals surface area contributed by atoms with Crippen LogP contribution >= 0.6 is 0 Å². The summed E-state index contributed by atoms with van der Waals surface area (Å²) in [7, 11) is 0. The molecule has 0 saturated heterocycles. The van der Waals surface area contributed by atoms with Gasteiger partial charge in [0.2, 0.25) is 0 Å². The zero-order chi connectivity index (χ0) is 22.2. The van der Waals surface area contributed by atoms with Crippen LogP contribution < -0.4 is 0 Å². The molecule has 6 heteroatoms. The van der Waals surface area contributed by atoms with Gasteiger partial charge in [0.05, 0.1) is 18.7 Å². The molecule has 0 saturated carbocycles. The molecule has 0 amide bonds. The van der Waals surface area contributed by atoms with Crippen LogP contribution in [-0.2, 0) is 22.5 Å². The topological polar surface area (TPSA) is 74.9 Å². The lowest BCUT2D eigenvalue weighted by atomic mass is 9.88. The molecule has 164 valence electrons. The number of hydrogen-bond donors (Lipinski definition) is 2. The van der Waals surface area contributed by atoms with Gasteiger partial charge in [0, 0.05) is 35.6 Å². The third kappa shape index (κ3) is 3.46. The van der Waals surface area contributed by atoms with E-state index in [1.165, 1.54) is 6.08 Å².